The van der Waals surface area contributed by atoms with Crippen molar-refractivity contribution in [2.45, 2.75) is 38.1 Å². The van der Waals surface area contributed by atoms with Crippen molar-refractivity contribution < 1.29 is 19.1 Å². The van der Waals surface area contributed by atoms with Crippen LogP contribution in [0.15, 0.2) is 59.6 Å². The summed E-state index contributed by atoms with van der Waals surface area (Å²) < 4.78 is 10.3. The lowest BCUT2D eigenvalue weighted by Crippen LogP contribution is -2.49. The summed E-state index contributed by atoms with van der Waals surface area (Å²) in [6.45, 7) is 2.42. The number of methoxy groups -OCH3 is 1. The quantitative estimate of drug-likeness (QED) is 0.403. The van der Waals surface area contributed by atoms with Gasteiger partial charge >= 0.3 is 12.1 Å². The van der Waals surface area contributed by atoms with Crippen LogP contribution in [-0.2, 0) is 14.3 Å². The Morgan fingerprint density at radius 1 is 1.21 bits per heavy atom. The molecule has 1 heterocycles. The van der Waals surface area contributed by atoms with Gasteiger partial charge in [0, 0.05) is 12.8 Å². The first-order chi connectivity index (χ1) is 13.7. The zero-order valence-electron chi connectivity index (χ0n) is 16.5. The number of piperidine rings is 1. The van der Waals surface area contributed by atoms with Crippen molar-refractivity contribution in [3.63, 3.8) is 0 Å². The predicted molar refractivity (Wildman–Crippen MR) is 109 cm³/mol. The second-order valence-electron chi connectivity index (χ2n) is 6.45. The third-order valence-electron chi connectivity index (χ3n) is 4.65. The number of carbonyl (C=O) groups excluding carboxylic acids is 2. The number of carbonyl (C=O) groups is 2. The van der Waals surface area contributed by atoms with E-state index >= 15 is 0 Å². The first-order valence-corrected chi connectivity index (χ1v) is 9.53. The molecule has 1 saturated heterocycles. The number of rotatable bonds is 7. The smallest absolute Gasteiger partial charge is 0.411 e. The number of hydrogen-bond acceptors (Lipinski definition) is 5. The zero-order valence-corrected chi connectivity index (χ0v) is 16.5. The fourth-order valence-corrected chi connectivity index (χ4v) is 3.34. The molecule has 6 nitrogen and oxygen atoms in total. The third-order valence-corrected chi connectivity index (χ3v) is 4.65. The third kappa shape index (κ3) is 6.08. The summed E-state index contributed by atoms with van der Waals surface area (Å²) in [6.07, 6.45) is 11.1. The molecule has 0 spiro atoms. The molecule has 2 unspecified atom stereocenters. The lowest BCUT2D eigenvalue weighted by atomic mass is 9.85. The number of allylic oxidation sites excluding steroid dienone is 4. The predicted octanol–water partition coefficient (Wildman–Crippen LogP) is 4.09. The SMILES string of the molecule is C/C=C\C=C/C=NCOC(=O)N1CCCCC1C(C(=O)OC)c1ccccc1. The molecular weight excluding hydrogens is 356 g/mol. The maximum Gasteiger partial charge on any atom is 0.411 e. The molecule has 150 valence electrons. The van der Waals surface area contributed by atoms with Crippen LogP contribution in [-0.4, -0.2) is 49.6 Å². The maximum absolute atomic E-state index is 12.6. The van der Waals surface area contributed by atoms with Gasteiger partial charge in [0.05, 0.1) is 13.2 Å². The van der Waals surface area contributed by atoms with Gasteiger partial charge in [0.1, 0.15) is 5.92 Å². The van der Waals surface area contributed by atoms with E-state index in [0.29, 0.717) is 6.54 Å². The molecule has 1 amide bonds. The number of benzene rings is 1. The molecule has 1 aromatic rings. The minimum absolute atomic E-state index is 0.0591. The fourth-order valence-electron chi connectivity index (χ4n) is 3.34. The van der Waals surface area contributed by atoms with Crippen LogP contribution in [0.1, 0.15) is 37.7 Å². The lowest BCUT2D eigenvalue weighted by molar-refractivity contribution is -0.144. The Labute approximate surface area is 166 Å². The second-order valence-corrected chi connectivity index (χ2v) is 6.45. The summed E-state index contributed by atoms with van der Waals surface area (Å²) in [6, 6.07) is 9.14. The number of ether oxygens (including phenoxy) is 2. The van der Waals surface area contributed by atoms with Gasteiger partial charge in [-0.15, -0.1) is 0 Å². The molecule has 0 bridgehead atoms. The van der Waals surface area contributed by atoms with E-state index in [0.717, 1.165) is 24.8 Å². The van der Waals surface area contributed by atoms with Gasteiger partial charge in [-0.1, -0.05) is 48.6 Å². The van der Waals surface area contributed by atoms with E-state index in [2.05, 4.69) is 4.99 Å². The number of aliphatic imine (C=N–C) groups is 1. The van der Waals surface area contributed by atoms with Crippen LogP contribution in [0.2, 0.25) is 0 Å². The number of esters is 1. The number of amides is 1. The van der Waals surface area contributed by atoms with E-state index in [9.17, 15) is 9.59 Å². The Hall–Kier alpha value is -2.89. The van der Waals surface area contributed by atoms with E-state index in [1.54, 1.807) is 17.2 Å². The highest BCUT2D eigenvalue weighted by molar-refractivity contribution is 5.80. The summed E-state index contributed by atoms with van der Waals surface area (Å²) in [5, 5.41) is 0. The van der Waals surface area contributed by atoms with Crippen molar-refractivity contribution >= 4 is 18.3 Å². The Morgan fingerprint density at radius 3 is 2.71 bits per heavy atom. The molecule has 6 heteroatoms. The van der Waals surface area contributed by atoms with Crippen LogP contribution in [0.25, 0.3) is 0 Å². The average Bonchev–Trinajstić information content (AvgIpc) is 2.74. The minimum Gasteiger partial charge on any atom is -0.468 e. The first-order valence-electron chi connectivity index (χ1n) is 9.53. The van der Waals surface area contributed by atoms with Gasteiger partial charge in [0.15, 0.2) is 6.73 Å². The monoisotopic (exact) mass is 384 g/mol. The molecule has 2 rings (SSSR count). The highest BCUT2D eigenvalue weighted by Gasteiger charge is 2.39. The summed E-state index contributed by atoms with van der Waals surface area (Å²) in [5.74, 6) is -0.880. The standard InChI is InChI=1S/C22H28N2O4/c1-3-4-5-10-15-23-17-28-22(26)24-16-11-9-14-19(24)20(21(25)27-2)18-12-7-6-8-13-18/h3-8,10,12-13,15,19-20H,9,11,14,16-17H2,1-2H3/b4-3-,10-5-,23-15?. The van der Waals surface area contributed by atoms with Crippen molar-refractivity contribution in [3.8, 4) is 0 Å². The van der Waals surface area contributed by atoms with E-state index < -0.39 is 12.0 Å². The van der Waals surface area contributed by atoms with Crippen LogP contribution in [0.4, 0.5) is 4.79 Å². The first kappa shape index (κ1) is 21.4. The summed E-state index contributed by atoms with van der Waals surface area (Å²) in [5.41, 5.74) is 0.839. The molecule has 1 aromatic carbocycles. The Kier molecular flexibility index (Phi) is 8.98. The Balaban J connectivity index is 2.08. The average molecular weight is 384 g/mol. The number of nitrogens with zero attached hydrogens (tertiary/aromatic N) is 2. The topological polar surface area (TPSA) is 68.2 Å². The van der Waals surface area contributed by atoms with Crippen molar-refractivity contribution in [1.29, 1.82) is 0 Å². The molecular formula is C22H28N2O4. The zero-order chi connectivity index (χ0) is 20.2. The molecule has 28 heavy (non-hydrogen) atoms. The largest absolute Gasteiger partial charge is 0.468 e. The van der Waals surface area contributed by atoms with Crippen LogP contribution in [0, 0.1) is 0 Å². The van der Waals surface area contributed by atoms with E-state index in [1.807, 2.05) is 55.5 Å². The second kappa shape index (κ2) is 11.7. The number of likely N-dealkylation sites (tertiary alicyclic amines) is 1. The summed E-state index contributed by atoms with van der Waals surface area (Å²) in [4.78, 5) is 30.9. The normalized spacial score (nSPS) is 18.6. The molecule has 2 atom stereocenters. The van der Waals surface area contributed by atoms with Gasteiger partial charge in [-0.05, 0) is 37.8 Å². The number of hydrogen-bond donors (Lipinski definition) is 0. The molecule has 0 radical (unpaired) electrons. The lowest BCUT2D eigenvalue weighted by Gasteiger charge is -2.38. The van der Waals surface area contributed by atoms with Crippen LogP contribution in [0.5, 0.6) is 0 Å². The van der Waals surface area contributed by atoms with Gasteiger partial charge in [-0.2, -0.15) is 0 Å². The summed E-state index contributed by atoms with van der Waals surface area (Å²) in [7, 11) is 1.37. The molecule has 0 saturated carbocycles. The molecule has 1 aliphatic heterocycles. The molecule has 1 fully saturated rings. The van der Waals surface area contributed by atoms with E-state index in [-0.39, 0.29) is 18.7 Å². The van der Waals surface area contributed by atoms with Crippen molar-refractivity contribution in [2.75, 3.05) is 20.4 Å². The fraction of sp³-hybridized carbons (Fsp3) is 0.409. The highest BCUT2D eigenvalue weighted by Crippen LogP contribution is 2.32. The van der Waals surface area contributed by atoms with Gasteiger partial charge in [0.2, 0.25) is 0 Å². The van der Waals surface area contributed by atoms with Crippen LogP contribution < -0.4 is 0 Å². The van der Waals surface area contributed by atoms with Crippen molar-refractivity contribution in [2.24, 2.45) is 4.99 Å². The minimum atomic E-state index is -0.536. The van der Waals surface area contributed by atoms with Crippen molar-refractivity contribution in [3.05, 3.63) is 60.2 Å². The van der Waals surface area contributed by atoms with Crippen LogP contribution in [0.3, 0.4) is 0 Å². The van der Waals surface area contributed by atoms with E-state index in [1.165, 1.54) is 7.11 Å². The van der Waals surface area contributed by atoms with Crippen LogP contribution >= 0.6 is 0 Å². The van der Waals surface area contributed by atoms with Gasteiger partial charge in [-0.3, -0.25) is 9.79 Å². The molecule has 0 aromatic heterocycles. The molecule has 0 N–H and O–H groups in total. The van der Waals surface area contributed by atoms with Crippen molar-refractivity contribution in [1.82, 2.24) is 4.90 Å². The Bertz CT molecular complexity index is 713. The van der Waals surface area contributed by atoms with E-state index in [4.69, 9.17) is 9.47 Å². The Morgan fingerprint density at radius 2 is 2.00 bits per heavy atom. The molecule has 1 aliphatic rings. The van der Waals surface area contributed by atoms with Gasteiger partial charge in [-0.25, -0.2) is 4.79 Å². The van der Waals surface area contributed by atoms with Gasteiger partial charge in [0.25, 0.3) is 0 Å². The molecule has 0 aliphatic carbocycles. The van der Waals surface area contributed by atoms with Gasteiger partial charge < -0.3 is 14.4 Å². The maximum atomic E-state index is 12.6. The highest BCUT2D eigenvalue weighted by atomic mass is 16.6. The summed E-state index contributed by atoms with van der Waals surface area (Å²) >= 11 is 0.